The van der Waals surface area contributed by atoms with E-state index in [0.717, 1.165) is 30.9 Å². The predicted molar refractivity (Wildman–Crippen MR) is 82.9 cm³/mol. The van der Waals surface area contributed by atoms with Crippen molar-refractivity contribution in [3.63, 3.8) is 0 Å². The molecule has 0 fully saturated rings. The van der Waals surface area contributed by atoms with E-state index in [2.05, 4.69) is 24.3 Å². The summed E-state index contributed by atoms with van der Waals surface area (Å²) in [6.45, 7) is 6.05. The van der Waals surface area contributed by atoms with Crippen LogP contribution in [0.1, 0.15) is 26.7 Å². The molecular formula is C15H27N3O. The number of nitrogens with zero attached hydrogens (tertiary/aromatic N) is 1. The van der Waals surface area contributed by atoms with Crippen LogP contribution in [-0.4, -0.2) is 38.2 Å². The fourth-order valence-electron chi connectivity index (χ4n) is 1.83. The first-order valence-corrected chi connectivity index (χ1v) is 6.94. The summed E-state index contributed by atoms with van der Waals surface area (Å²) in [5.41, 5.74) is 7.76. The van der Waals surface area contributed by atoms with E-state index in [9.17, 15) is 0 Å². The lowest BCUT2D eigenvalue weighted by molar-refractivity contribution is 0.244. The highest BCUT2D eigenvalue weighted by Crippen LogP contribution is 2.30. The SMILES string of the molecule is CC(C)Oc1cccc(NCCCCN(C)C)c1N. The van der Waals surface area contributed by atoms with E-state index in [0.29, 0.717) is 5.69 Å². The minimum atomic E-state index is 0.137. The Hall–Kier alpha value is -1.42. The minimum Gasteiger partial charge on any atom is -0.489 e. The second-order valence-corrected chi connectivity index (χ2v) is 5.32. The molecule has 0 amide bonds. The first-order chi connectivity index (χ1) is 9.00. The normalized spacial score (nSPS) is 11.1. The fraction of sp³-hybridized carbons (Fsp3) is 0.600. The molecule has 0 aliphatic carbocycles. The number of benzene rings is 1. The third-order valence-electron chi connectivity index (χ3n) is 2.78. The molecule has 0 saturated heterocycles. The molecule has 1 aromatic carbocycles. The zero-order chi connectivity index (χ0) is 14.3. The number of hydrogen-bond donors (Lipinski definition) is 2. The summed E-state index contributed by atoms with van der Waals surface area (Å²) in [4.78, 5) is 2.20. The molecule has 0 aliphatic heterocycles. The summed E-state index contributed by atoms with van der Waals surface area (Å²) in [5, 5.41) is 3.38. The van der Waals surface area contributed by atoms with Gasteiger partial charge in [0.15, 0.2) is 0 Å². The molecule has 19 heavy (non-hydrogen) atoms. The molecule has 0 radical (unpaired) electrons. The third-order valence-corrected chi connectivity index (χ3v) is 2.78. The van der Waals surface area contributed by atoms with E-state index < -0.39 is 0 Å². The van der Waals surface area contributed by atoms with Crippen LogP contribution in [0.5, 0.6) is 5.75 Å². The van der Waals surface area contributed by atoms with Crippen molar-refractivity contribution in [1.82, 2.24) is 4.90 Å². The molecule has 0 unspecified atom stereocenters. The van der Waals surface area contributed by atoms with Crippen molar-refractivity contribution >= 4 is 11.4 Å². The summed E-state index contributed by atoms with van der Waals surface area (Å²) in [7, 11) is 4.19. The summed E-state index contributed by atoms with van der Waals surface area (Å²) >= 11 is 0. The van der Waals surface area contributed by atoms with Crippen molar-refractivity contribution in [2.45, 2.75) is 32.8 Å². The lowest BCUT2D eigenvalue weighted by atomic mass is 10.2. The van der Waals surface area contributed by atoms with Crippen molar-refractivity contribution < 1.29 is 4.74 Å². The van der Waals surface area contributed by atoms with Gasteiger partial charge >= 0.3 is 0 Å². The Balaban J connectivity index is 2.45. The van der Waals surface area contributed by atoms with Crippen LogP contribution < -0.4 is 15.8 Å². The molecule has 0 aliphatic rings. The molecule has 4 nitrogen and oxygen atoms in total. The highest BCUT2D eigenvalue weighted by atomic mass is 16.5. The van der Waals surface area contributed by atoms with Gasteiger partial charge in [0.25, 0.3) is 0 Å². The summed E-state index contributed by atoms with van der Waals surface area (Å²) in [5.74, 6) is 0.758. The standard InChI is InChI=1S/C15H27N3O/c1-12(2)19-14-9-7-8-13(15(14)16)17-10-5-6-11-18(3)4/h7-9,12,17H,5-6,10-11,16H2,1-4H3. The van der Waals surface area contributed by atoms with Gasteiger partial charge in [-0.2, -0.15) is 0 Å². The second kappa shape index (κ2) is 7.89. The van der Waals surface area contributed by atoms with Gasteiger partial charge in [0, 0.05) is 6.54 Å². The van der Waals surface area contributed by atoms with Crippen LogP contribution in [0, 0.1) is 0 Å². The molecule has 108 valence electrons. The number of rotatable bonds is 8. The molecule has 1 aromatic rings. The lowest BCUT2D eigenvalue weighted by Crippen LogP contribution is -2.14. The maximum Gasteiger partial charge on any atom is 0.144 e. The smallest absolute Gasteiger partial charge is 0.144 e. The van der Waals surface area contributed by atoms with Crippen LogP contribution in [0.25, 0.3) is 0 Å². The number of ether oxygens (including phenoxy) is 1. The van der Waals surface area contributed by atoms with Crippen molar-refractivity contribution in [2.75, 3.05) is 38.2 Å². The molecule has 0 aromatic heterocycles. The molecule has 0 spiro atoms. The quantitative estimate of drug-likeness (QED) is 0.560. The van der Waals surface area contributed by atoms with Crippen LogP contribution in [0.2, 0.25) is 0 Å². The summed E-state index contributed by atoms with van der Waals surface area (Å²) in [6.07, 6.45) is 2.45. The average molecular weight is 265 g/mol. The van der Waals surface area contributed by atoms with E-state index in [1.54, 1.807) is 0 Å². The maximum absolute atomic E-state index is 6.10. The minimum absolute atomic E-state index is 0.137. The fourth-order valence-corrected chi connectivity index (χ4v) is 1.83. The van der Waals surface area contributed by atoms with Crippen molar-refractivity contribution in [3.8, 4) is 5.75 Å². The number of nitrogens with two attached hydrogens (primary N) is 1. The van der Waals surface area contributed by atoms with E-state index >= 15 is 0 Å². The number of para-hydroxylation sites is 1. The van der Waals surface area contributed by atoms with Crippen LogP contribution >= 0.6 is 0 Å². The van der Waals surface area contributed by atoms with Gasteiger partial charge in [0.1, 0.15) is 5.75 Å². The highest BCUT2D eigenvalue weighted by Gasteiger charge is 2.06. The van der Waals surface area contributed by atoms with Gasteiger partial charge in [-0.1, -0.05) is 6.07 Å². The van der Waals surface area contributed by atoms with Crippen LogP contribution in [0.15, 0.2) is 18.2 Å². The molecule has 0 saturated carbocycles. The first kappa shape index (κ1) is 15.6. The predicted octanol–water partition coefficient (Wildman–Crippen LogP) is 2.81. The molecule has 0 bridgehead atoms. The van der Waals surface area contributed by atoms with Crippen molar-refractivity contribution in [1.29, 1.82) is 0 Å². The third kappa shape index (κ3) is 5.83. The van der Waals surface area contributed by atoms with Crippen molar-refractivity contribution in [2.24, 2.45) is 0 Å². The number of unbranched alkanes of at least 4 members (excludes halogenated alkanes) is 1. The van der Waals surface area contributed by atoms with Gasteiger partial charge < -0.3 is 20.7 Å². The Morgan fingerprint density at radius 1 is 1.26 bits per heavy atom. The van der Waals surface area contributed by atoms with E-state index in [4.69, 9.17) is 10.5 Å². The van der Waals surface area contributed by atoms with E-state index in [1.165, 1.54) is 6.42 Å². The zero-order valence-corrected chi connectivity index (χ0v) is 12.6. The van der Waals surface area contributed by atoms with Gasteiger partial charge in [-0.05, 0) is 59.5 Å². The maximum atomic E-state index is 6.10. The number of hydrogen-bond acceptors (Lipinski definition) is 4. The largest absolute Gasteiger partial charge is 0.489 e. The molecular weight excluding hydrogens is 238 g/mol. The number of anilines is 2. The summed E-state index contributed by atoms with van der Waals surface area (Å²) in [6, 6.07) is 5.87. The number of nitrogens with one attached hydrogen (secondary N) is 1. The first-order valence-electron chi connectivity index (χ1n) is 6.94. The van der Waals surface area contributed by atoms with Crippen molar-refractivity contribution in [3.05, 3.63) is 18.2 Å². The highest BCUT2D eigenvalue weighted by molar-refractivity contribution is 5.72. The lowest BCUT2D eigenvalue weighted by Gasteiger charge is -2.16. The molecule has 0 heterocycles. The van der Waals surface area contributed by atoms with E-state index in [-0.39, 0.29) is 6.10 Å². The van der Waals surface area contributed by atoms with Gasteiger partial charge in [0.2, 0.25) is 0 Å². The Labute approximate surface area is 116 Å². The monoisotopic (exact) mass is 265 g/mol. The van der Waals surface area contributed by atoms with Gasteiger partial charge in [-0.25, -0.2) is 0 Å². The number of nitrogen functional groups attached to an aromatic ring is 1. The topological polar surface area (TPSA) is 50.5 Å². The van der Waals surface area contributed by atoms with Gasteiger partial charge in [-0.3, -0.25) is 0 Å². The molecule has 4 heteroatoms. The average Bonchev–Trinajstić information content (AvgIpc) is 2.32. The Morgan fingerprint density at radius 3 is 2.63 bits per heavy atom. The molecule has 0 atom stereocenters. The second-order valence-electron chi connectivity index (χ2n) is 5.32. The Morgan fingerprint density at radius 2 is 2.00 bits per heavy atom. The van der Waals surface area contributed by atoms with Crippen LogP contribution in [-0.2, 0) is 0 Å². The molecule has 1 rings (SSSR count). The zero-order valence-electron chi connectivity index (χ0n) is 12.6. The van der Waals surface area contributed by atoms with Crippen LogP contribution in [0.3, 0.4) is 0 Å². The van der Waals surface area contributed by atoms with Gasteiger partial charge in [0.05, 0.1) is 17.5 Å². The van der Waals surface area contributed by atoms with E-state index in [1.807, 2.05) is 32.0 Å². The van der Waals surface area contributed by atoms with Gasteiger partial charge in [-0.15, -0.1) is 0 Å². The Kier molecular flexibility index (Phi) is 6.50. The Bertz CT molecular complexity index is 378. The van der Waals surface area contributed by atoms with Crippen LogP contribution in [0.4, 0.5) is 11.4 Å². The summed E-state index contributed by atoms with van der Waals surface area (Å²) < 4.78 is 5.67. The molecule has 3 N–H and O–H groups in total.